The standard InChI is InChI=1S/C7H9BrN2O/c8-6-3-9-7(10-6)5-1-2-11-4-5/h3,5H,1-2,4H2,(H,9,10). The Balaban J connectivity index is 2.15. The third-order valence-corrected chi connectivity index (χ3v) is 2.28. The summed E-state index contributed by atoms with van der Waals surface area (Å²) in [5, 5.41) is 0. The molecule has 3 nitrogen and oxygen atoms in total. The summed E-state index contributed by atoms with van der Waals surface area (Å²) >= 11 is 3.32. The third-order valence-electron chi connectivity index (χ3n) is 1.88. The highest BCUT2D eigenvalue weighted by Gasteiger charge is 2.19. The molecule has 0 radical (unpaired) electrons. The molecule has 0 saturated carbocycles. The second kappa shape index (κ2) is 2.95. The SMILES string of the molecule is Brc1cnc(C2CCOC2)[nH]1. The molecule has 0 amide bonds. The van der Waals surface area contributed by atoms with E-state index in [2.05, 4.69) is 25.9 Å². The van der Waals surface area contributed by atoms with Gasteiger partial charge in [0.2, 0.25) is 0 Å². The van der Waals surface area contributed by atoms with Crippen LogP contribution in [-0.2, 0) is 4.74 Å². The van der Waals surface area contributed by atoms with E-state index >= 15 is 0 Å². The fourth-order valence-corrected chi connectivity index (χ4v) is 1.58. The predicted molar refractivity (Wildman–Crippen MR) is 44.5 cm³/mol. The minimum atomic E-state index is 0.473. The molecule has 1 saturated heterocycles. The molecule has 1 atom stereocenters. The molecular weight excluding hydrogens is 208 g/mol. The average molecular weight is 217 g/mol. The molecule has 1 N–H and O–H groups in total. The maximum atomic E-state index is 5.25. The van der Waals surface area contributed by atoms with Gasteiger partial charge in [0.1, 0.15) is 10.4 Å². The molecule has 1 unspecified atom stereocenters. The van der Waals surface area contributed by atoms with Crippen LogP contribution in [-0.4, -0.2) is 23.2 Å². The van der Waals surface area contributed by atoms with Crippen molar-refractivity contribution in [3.63, 3.8) is 0 Å². The van der Waals surface area contributed by atoms with Crippen LogP contribution in [0.1, 0.15) is 18.2 Å². The molecule has 11 heavy (non-hydrogen) atoms. The lowest BCUT2D eigenvalue weighted by atomic mass is 10.1. The number of aromatic amines is 1. The van der Waals surface area contributed by atoms with Crippen LogP contribution in [0.25, 0.3) is 0 Å². The number of H-pyrrole nitrogens is 1. The van der Waals surface area contributed by atoms with E-state index in [1.165, 1.54) is 0 Å². The molecule has 1 aromatic rings. The Labute approximate surface area is 73.3 Å². The molecular formula is C7H9BrN2O. The van der Waals surface area contributed by atoms with Crippen LogP contribution in [0.5, 0.6) is 0 Å². The third kappa shape index (κ3) is 1.46. The van der Waals surface area contributed by atoms with Gasteiger partial charge in [-0.05, 0) is 22.4 Å². The summed E-state index contributed by atoms with van der Waals surface area (Å²) < 4.78 is 6.19. The second-order valence-corrected chi connectivity index (χ2v) is 3.53. The van der Waals surface area contributed by atoms with Crippen molar-refractivity contribution in [1.82, 2.24) is 9.97 Å². The lowest BCUT2D eigenvalue weighted by Gasteiger charge is -2.00. The van der Waals surface area contributed by atoms with Crippen LogP contribution in [0.4, 0.5) is 0 Å². The van der Waals surface area contributed by atoms with Crippen molar-refractivity contribution in [2.24, 2.45) is 0 Å². The summed E-state index contributed by atoms with van der Waals surface area (Å²) in [4.78, 5) is 7.36. The summed E-state index contributed by atoms with van der Waals surface area (Å²) in [6, 6.07) is 0. The molecule has 0 aromatic carbocycles. The first-order valence-corrected chi connectivity index (χ1v) is 4.43. The number of hydrogen-bond acceptors (Lipinski definition) is 2. The minimum absolute atomic E-state index is 0.473. The summed E-state index contributed by atoms with van der Waals surface area (Å²) in [6.07, 6.45) is 2.87. The van der Waals surface area contributed by atoms with Crippen LogP contribution in [0.2, 0.25) is 0 Å². The Bertz CT molecular complexity index is 242. The van der Waals surface area contributed by atoms with Gasteiger partial charge in [-0.3, -0.25) is 0 Å². The fourth-order valence-electron chi connectivity index (χ4n) is 1.27. The van der Waals surface area contributed by atoms with E-state index in [0.29, 0.717) is 5.92 Å². The van der Waals surface area contributed by atoms with Gasteiger partial charge in [-0.2, -0.15) is 0 Å². The normalized spacial score (nSPS) is 24.3. The van der Waals surface area contributed by atoms with Gasteiger partial charge in [-0.1, -0.05) is 0 Å². The van der Waals surface area contributed by atoms with Crippen molar-refractivity contribution in [1.29, 1.82) is 0 Å². The van der Waals surface area contributed by atoms with Crippen LogP contribution >= 0.6 is 15.9 Å². The summed E-state index contributed by atoms with van der Waals surface area (Å²) in [5.41, 5.74) is 0. The number of imidazole rings is 1. The van der Waals surface area contributed by atoms with Gasteiger partial charge in [0.05, 0.1) is 12.8 Å². The van der Waals surface area contributed by atoms with Crippen LogP contribution in [0.15, 0.2) is 10.8 Å². The number of nitrogens with zero attached hydrogens (tertiary/aromatic N) is 1. The molecule has 2 rings (SSSR count). The summed E-state index contributed by atoms with van der Waals surface area (Å²) in [7, 11) is 0. The van der Waals surface area contributed by atoms with E-state index in [-0.39, 0.29) is 0 Å². The molecule has 1 aliphatic heterocycles. The van der Waals surface area contributed by atoms with Gasteiger partial charge in [0, 0.05) is 12.5 Å². The van der Waals surface area contributed by atoms with Crippen molar-refractivity contribution < 1.29 is 4.74 Å². The molecule has 4 heteroatoms. The van der Waals surface area contributed by atoms with Crippen molar-refractivity contribution in [2.45, 2.75) is 12.3 Å². The fraction of sp³-hybridized carbons (Fsp3) is 0.571. The van der Waals surface area contributed by atoms with Gasteiger partial charge in [-0.25, -0.2) is 4.98 Å². The van der Waals surface area contributed by atoms with Crippen LogP contribution < -0.4 is 0 Å². The van der Waals surface area contributed by atoms with Gasteiger partial charge in [0.25, 0.3) is 0 Å². The Kier molecular flexibility index (Phi) is 1.96. The molecule has 60 valence electrons. The van der Waals surface area contributed by atoms with Gasteiger partial charge in [-0.15, -0.1) is 0 Å². The maximum absolute atomic E-state index is 5.25. The lowest BCUT2D eigenvalue weighted by Crippen LogP contribution is -1.99. The quantitative estimate of drug-likeness (QED) is 0.776. The number of aromatic nitrogens is 2. The molecule has 1 fully saturated rings. The van der Waals surface area contributed by atoms with E-state index in [1.807, 2.05) is 0 Å². The summed E-state index contributed by atoms with van der Waals surface area (Å²) in [5.74, 6) is 1.51. The Morgan fingerprint density at radius 1 is 1.73 bits per heavy atom. The topological polar surface area (TPSA) is 37.9 Å². The van der Waals surface area contributed by atoms with Crippen molar-refractivity contribution in [3.8, 4) is 0 Å². The zero-order valence-electron chi connectivity index (χ0n) is 6.01. The zero-order chi connectivity index (χ0) is 7.68. The van der Waals surface area contributed by atoms with Crippen molar-refractivity contribution in [3.05, 3.63) is 16.6 Å². The van der Waals surface area contributed by atoms with E-state index < -0.39 is 0 Å². The van der Waals surface area contributed by atoms with Gasteiger partial charge in [0.15, 0.2) is 0 Å². The van der Waals surface area contributed by atoms with E-state index in [1.54, 1.807) is 6.20 Å². The maximum Gasteiger partial charge on any atom is 0.112 e. The molecule has 2 heterocycles. The average Bonchev–Trinajstić information content (AvgIpc) is 2.55. The van der Waals surface area contributed by atoms with Crippen molar-refractivity contribution in [2.75, 3.05) is 13.2 Å². The second-order valence-electron chi connectivity index (χ2n) is 2.68. The highest BCUT2D eigenvalue weighted by atomic mass is 79.9. The highest BCUT2D eigenvalue weighted by molar-refractivity contribution is 9.10. The van der Waals surface area contributed by atoms with Gasteiger partial charge >= 0.3 is 0 Å². The van der Waals surface area contributed by atoms with Crippen LogP contribution in [0.3, 0.4) is 0 Å². The smallest absolute Gasteiger partial charge is 0.112 e. The lowest BCUT2D eigenvalue weighted by molar-refractivity contribution is 0.193. The largest absolute Gasteiger partial charge is 0.381 e. The molecule has 0 bridgehead atoms. The predicted octanol–water partition coefficient (Wildman–Crippen LogP) is 1.68. The minimum Gasteiger partial charge on any atom is -0.381 e. The highest BCUT2D eigenvalue weighted by Crippen LogP contribution is 2.23. The Morgan fingerprint density at radius 3 is 3.18 bits per heavy atom. The first-order chi connectivity index (χ1) is 5.36. The first kappa shape index (κ1) is 7.31. The molecule has 1 aliphatic rings. The Hall–Kier alpha value is -0.350. The van der Waals surface area contributed by atoms with Gasteiger partial charge < -0.3 is 9.72 Å². The molecule has 0 aliphatic carbocycles. The molecule has 0 spiro atoms. The van der Waals surface area contributed by atoms with E-state index in [0.717, 1.165) is 30.1 Å². The van der Waals surface area contributed by atoms with Crippen molar-refractivity contribution >= 4 is 15.9 Å². The number of ether oxygens (including phenoxy) is 1. The molecule has 1 aromatic heterocycles. The van der Waals surface area contributed by atoms with E-state index in [9.17, 15) is 0 Å². The number of nitrogens with one attached hydrogen (secondary N) is 1. The first-order valence-electron chi connectivity index (χ1n) is 3.64. The summed E-state index contributed by atoms with van der Waals surface area (Å²) in [6.45, 7) is 1.67. The van der Waals surface area contributed by atoms with E-state index in [4.69, 9.17) is 4.74 Å². The number of rotatable bonds is 1. The Morgan fingerprint density at radius 2 is 2.64 bits per heavy atom. The zero-order valence-corrected chi connectivity index (χ0v) is 7.60. The number of halogens is 1. The number of hydrogen-bond donors (Lipinski definition) is 1. The monoisotopic (exact) mass is 216 g/mol. The van der Waals surface area contributed by atoms with Crippen LogP contribution in [0, 0.1) is 0 Å².